The smallest absolute Gasteiger partial charge is 0.325 e. The fraction of sp³-hybridized carbons (Fsp3) is 0.292. The fourth-order valence-corrected chi connectivity index (χ4v) is 3.83. The summed E-state index contributed by atoms with van der Waals surface area (Å²) in [7, 11) is 0. The normalized spacial score (nSPS) is 18.5. The van der Waals surface area contributed by atoms with E-state index in [1.807, 2.05) is 38.1 Å². The predicted octanol–water partition coefficient (Wildman–Crippen LogP) is 4.93. The van der Waals surface area contributed by atoms with E-state index in [2.05, 4.69) is 10.3 Å². The van der Waals surface area contributed by atoms with Gasteiger partial charge in [-0.05, 0) is 43.2 Å². The molecule has 0 saturated carbocycles. The molecule has 2 aromatic carbocycles. The lowest BCUT2D eigenvalue weighted by atomic mass is 9.85. The molecule has 1 atom stereocenters. The minimum atomic E-state index is -1.20. The van der Waals surface area contributed by atoms with Gasteiger partial charge in [-0.2, -0.15) is 0 Å². The van der Waals surface area contributed by atoms with Crippen LogP contribution in [-0.4, -0.2) is 21.8 Å². The van der Waals surface area contributed by atoms with Crippen molar-refractivity contribution in [2.45, 2.75) is 45.2 Å². The van der Waals surface area contributed by atoms with E-state index in [1.165, 1.54) is 18.4 Å². The lowest BCUT2D eigenvalue weighted by molar-refractivity contribution is -0.132. The van der Waals surface area contributed by atoms with Crippen LogP contribution in [0.15, 0.2) is 59.2 Å². The van der Waals surface area contributed by atoms with E-state index in [1.54, 1.807) is 12.1 Å². The van der Waals surface area contributed by atoms with Crippen molar-refractivity contribution in [2.24, 2.45) is 0 Å². The molecular weight excluding hydrogens is 397 g/mol. The lowest BCUT2D eigenvalue weighted by Crippen LogP contribution is -2.44. The Bertz CT molecular complexity index is 1090. The van der Waals surface area contributed by atoms with Gasteiger partial charge in [0.05, 0.1) is 12.2 Å². The second-order valence-corrected chi connectivity index (χ2v) is 7.85. The molecule has 1 saturated heterocycles. The first-order chi connectivity index (χ1) is 14.9. The first-order valence-corrected chi connectivity index (χ1v) is 10.3. The maximum absolute atomic E-state index is 13.5. The highest BCUT2D eigenvalue weighted by atomic mass is 19.1. The number of unbranched alkanes of at least 4 members (excludes halogenated alkanes) is 1. The summed E-state index contributed by atoms with van der Waals surface area (Å²) >= 11 is 0. The van der Waals surface area contributed by atoms with E-state index < -0.39 is 17.4 Å². The monoisotopic (exact) mass is 421 g/mol. The molecule has 6 nitrogen and oxygen atoms in total. The van der Waals surface area contributed by atoms with Gasteiger partial charge in [0.1, 0.15) is 17.6 Å². The molecule has 31 heavy (non-hydrogen) atoms. The highest BCUT2D eigenvalue weighted by Gasteiger charge is 2.52. The van der Waals surface area contributed by atoms with Gasteiger partial charge in [-0.25, -0.2) is 14.2 Å². The summed E-state index contributed by atoms with van der Waals surface area (Å²) in [6, 6.07) is 12.9. The Kier molecular flexibility index (Phi) is 5.59. The Morgan fingerprint density at radius 1 is 1.10 bits per heavy atom. The van der Waals surface area contributed by atoms with Crippen LogP contribution in [0.4, 0.5) is 9.18 Å². The van der Waals surface area contributed by atoms with Crippen LogP contribution in [-0.2, 0) is 16.9 Å². The largest absolute Gasteiger partial charge is 0.444 e. The van der Waals surface area contributed by atoms with Crippen molar-refractivity contribution in [3.63, 3.8) is 0 Å². The van der Waals surface area contributed by atoms with Gasteiger partial charge in [-0.15, -0.1) is 0 Å². The predicted molar refractivity (Wildman–Crippen MR) is 113 cm³/mol. The molecule has 1 aromatic heterocycles. The van der Waals surface area contributed by atoms with Gasteiger partial charge in [0.15, 0.2) is 0 Å². The molecule has 1 N–H and O–H groups in total. The average Bonchev–Trinajstić information content (AvgIpc) is 3.32. The fourth-order valence-electron chi connectivity index (χ4n) is 3.83. The standard InChI is InChI=1S/C24H24FN3O3/c1-3-4-13-24(18-9-11-19(25)12-10-18)22(29)28(23(30)27-24)14-20-15-31-21(26-20)17-7-5-16(2)6-8-17/h5-12,15H,3-4,13-14H2,1-2H3,(H,27,30). The summed E-state index contributed by atoms with van der Waals surface area (Å²) in [5.41, 5.74) is 1.79. The quantitative estimate of drug-likeness (QED) is 0.549. The Balaban J connectivity index is 1.59. The van der Waals surface area contributed by atoms with Gasteiger partial charge < -0.3 is 9.73 Å². The number of imide groups is 1. The summed E-state index contributed by atoms with van der Waals surface area (Å²) in [5.74, 6) is -0.329. The number of nitrogens with one attached hydrogen (secondary N) is 1. The van der Waals surface area contributed by atoms with Crippen molar-refractivity contribution in [2.75, 3.05) is 0 Å². The maximum Gasteiger partial charge on any atom is 0.325 e. The molecule has 4 rings (SSSR count). The molecule has 3 amide bonds. The van der Waals surface area contributed by atoms with Crippen LogP contribution < -0.4 is 5.32 Å². The van der Waals surface area contributed by atoms with Gasteiger partial charge in [0, 0.05) is 5.56 Å². The number of hydrogen-bond acceptors (Lipinski definition) is 4. The van der Waals surface area contributed by atoms with Crippen LogP contribution in [0.25, 0.3) is 11.5 Å². The summed E-state index contributed by atoms with van der Waals surface area (Å²) in [6.07, 6.45) is 3.48. The average molecular weight is 421 g/mol. The Hall–Kier alpha value is -3.48. The van der Waals surface area contributed by atoms with Gasteiger partial charge in [0.25, 0.3) is 5.91 Å². The number of aromatic nitrogens is 1. The van der Waals surface area contributed by atoms with Crippen molar-refractivity contribution in [1.82, 2.24) is 15.2 Å². The van der Waals surface area contributed by atoms with Crippen molar-refractivity contribution in [3.8, 4) is 11.5 Å². The summed E-state index contributed by atoms with van der Waals surface area (Å²) in [5, 5.41) is 2.86. The van der Waals surface area contributed by atoms with Gasteiger partial charge in [0.2, 0.25) is 5.89 Å². The van der Waals surface area contributed by atoms with Crippen molar-refractivity contribution in [3.05, 3.63) is 77.4 Å². The number of aryl methyl sites for hydroxylation is 1. The van der Waals surface area contributed by atoms with Crippen LogP contribution in [0.2, 0.25) is 0 Å². The van der Waals surface area contributed by atoms with Gasteiger partial charge in [-0.1, -0.05) is 49.6 Å². The first-order valence-electron chi connectivity index (χ1n) is 10.3. The zero-order valence-corrected chi connectivity index (χ0v) is 17.5. The molecular formula is C24H24FN3O3. The summed E-state index contributed by atoms with van der Waals surface area (Å²) in [4.78, 5) is 31.8. The number of rotatable bonds is 7. The SMILES string of the molecule is CCCCC1(c2ccc(F)cc2)NC(=O)N(Cc2coc(-c3ccc(C)cc3)n2)C1=O. The number of urea groups is 1. The van der Waals surface area contributed by atoms with Crippen LogP contribution in [0.1, 0.15) is 43.0 Å². The lowest BCUT2D eigenvalue weighted by Gasteiger charge is -2.27. The van der Waals surface area contributed by atoms with Gasteiger partial charge >= 0.3 is 6.03 Å². The number of oxazole rings is 1. The molecule has 1 aliphatic rings. The molecule has 0 radical (unpaired) electrons. The van der Waals surface area contributed by atoms with Crippen molar-refractivity contribution >= 4 is 11.9 Å². The van der Waals surface area contributed by atoms with E-state index in [9.17, 15) is 14.0 Å². The van der Waals surface area contributed by atoms with Crippen LogP contribution in [0, 0.1) is 12.7 Å². The molecule has 1 fully saturated rings. The first kappa shape index (κ1) is 20.8. The molecule has 2 heterocycles. The minimum absolute atomic E-state index is 0.00486. The highest BCUT2D eigenvalue weighted by molar-refractivity contribution is 6.07. The number of amides is 3. The van der Waals surface area contributed by atoms with Crippen LogP contribution in [0.5, 0.6) is 0 Å². The third-order valence-corrected chi connectivity index (χ3v) is 5.59. The third kappa shape index (κ3) is 3.95. The molecule has 3 aromatic rings. The maximum atomic E-state index is 13.5. The topological polar surface area (TPSA) is 75.4 Å². The van der Waals surface area contributed by atoms with Gasteiger partial charge in [-0.3, -0.25) is 9.69 Å². The molecule has 160 valence electrons. The summed E-state index contributed by atoms with van der Waals surface area (Å²) < 4.78 is 19.0. The van der Waals surface area contributed by atoms with E-state index >= 15 is 0 Å². The zero-order valence-electron chi connectivity index (χ0n) is 17.5. The van der Waals surface area contributed by atoms with Crippen molar-refractivity contribution < 1.29 is 18.4 Å². The van der Waals surface area contributed by atoms with Crippen molar-refractivity contribution in [1.29, 1.82) is 0 Å². The Morgan fingerprint density at radius 3 is 2.48 bits per heavy atom. The van der Waals surface area contributed by atoms with Crippen LogP contribution in [0.3, 0.4) is 0 Å². The third-order valence-electron chi connectivity index (χ3n) is 5.59. The number of nitrogens with zero attached hydrogens (tertiary/aromatic N) is 2. The van der Waals surface area contributed by atoms with E-state index in [0.717, 1.165) is 28.9 Å². The Morgan fingerprint density at radius 2 is 1.81 bits per heavy atom. The molecule has 0 aliphatic carbocycles. The Labute approximate surface area is 180 Å². The number of halogens is 1. The van der Waals surface area contributed by atoms with E-state index in [0.29, 0.717) is 23.6 Å². The second-order valence-electron chi connectivity index (χ2n) is 7.85. The zero-order chi connectivity index (χ0) is 22.0. The molecule has 1 unspecified atom stereocenters. The molecule has 1 aliphatic heterocycles. The number of carbonyl (C=O) groups is 2. The minimum Gasteiger partial charge on any atom is -0.444 e. The number of carbonyl (C=O) groups excluding carboxylic acids is 2. The molecule has 0 spiro atoms. The number of hydrogen-bond donors (Lipinski definition) is 1. The summed E-state index contributed by atoms with van der Waals surface area (Å²) in [6.45, 7) is 4.00. The van der Waals surface area contributed by atoms with E-state index in [-0.39, 0.29) is 12.5 Å². The van der Waals surface area contributed by atoms with Crippen LogP contribution >= 0.6 is 0 Å². The highest BCUT2D eigenvalue weighted by Crippen LogP contribution is 2.35. The second kappa shape index (κ2) is 8.34. The molecule has 0 bridgehead atoms. The number of benzene rings is 2. The molecule has 7 heteroatoms. The van der Waals surface area contributed by atoms with E-state index in [4.69, 9.17) is 4.42 Å².